The van der Waals surface area contributed by atoms with Crippen molar-refractivity contribution in [3.63, 3.8) is 0 Å². The summed E-state index contributed by atoms with van der Waals surface area (Å²) in [5.74, 6) is 1.22. The van der Waals surface area contributed by atoms with E-state index in [1.807, 2.05) is 0 Å². The quantitative estimate of drug-likeness (QED) is 0.648. The second kappa shape index (κ2) is 4.53. The Morgan fingerprint density at radius 2 is 2.17 bits per heavy atom. The molecule has 0 radical (unpaired) electrons. The molecule has 0 spiro atoms. The third kappa shape index (κ3) is 1.84. The number of nitro benzene ring substituents is 1. The molecule has 0 aliphatic heterocycles. The Morgan fingerprint density at radius 1 is 1.44 bits per heavy atom. The van der Waals surface area contributed by atoms with Gasteiger partial charge in [-0.2, -0.15) is 0 Å². The zero-order chi connectivity index (χ0) is 13.3. The minimum absolute atomic E-state index is 0.0739. The molecule has 1 aromatic carbocycles. The molecule has 0 amide bonds. The SMILES string of the molecule is Cc1c(-c2nnc(CN)n2C)cccc1[N+](=O)[O-]. The van der Waals surface area contributed by atoms with E-state index in [-0.39, 0.29) is 12.2 Å². The molecule has 0 saturated carbocycles. The van der Waals surface area contributed by atoms with E-state index in [1.54, 1.807) is 30.7 Å². The van der Waals surface area contributed by atoms with Gasteiger partial charge in [-0.05, 0) is 6.92 Å². The van der Waals surface area contributed by atoms with Crippen LogP contribution in [0, 0.1) is 17.0 Å². The largest absolute Gasteiger partial charge is 0.324 e. The Labute approximate surface area is 103 Å². The van der Waals surface area contributed by atoms with E-state index in [9.17, 15) is 10.1 Å². The lowest BCUT2D eigenvalue weighted by Gasteiger charge is -2.06. The Kier molecular flexibility index (Phi) is 3.07. The van der Waals surface area contributed by atoms with Crippen LogP contribution in [-0.2, 0) is 13.6 Å². The van der Waals surface area contributed by atoms with Gasteiger partial charge < -0.3 is 10.3 Å². The first-order valence-corrected chi connectivity index (χ1v) is 5.39. The average molecular weight is 247 g/mol. The number of nitrogens with two attached hydrogens (primary N) is 1. The van der Waals surface area contributed by atoms with Crippen molar-refractivity contribution in [3.05, 3.63) is 39.7 Å². The molecule has 0 bridgehead atoms. The minimum atomic E-state index is -0.404. The van der Waals surface area contributed by atoms with Crippen molar-refractivity contribution in [2.75, 3.05) is 0 Å². The monoisotopic (exact) mass is 247 g/mol. The predicted molar refractivity (Wildman–Crippen MR) is 65.7 cm³/mol. The summed E-state index contributed by atoms with van der Waals surface area (Å²) in [6, 6.07) is 4.89. The van der Waals surface area contributed by atoms with Crippen LogP contribution in [-0.4, -0.2) is 19.7 Å². The standard InChI is InChI=1S/C11H13N5O2/c1-7-8(4-3-5-9(7)16(17)18)11-14-13-10(6-12)15(11)2/h3-5H,6,12H2,1-2H3. The fourth-order valence-corrected chi connectivity index (χ4v) is 1.84. The van der Waals surface area contributed by atoms with Crippen molar-refractivity contribution in [3.8, 4) is 11.4 Å². The molecular weight excluding hydrogens is 234 g/mol. The van der Waals surface area contributed by atoms with Gasteiger partial charge >= 0.3 is 0 Å². The van der Waals surface area contributed by atoms with E-state index in [0.717, 1.165) is 0 Å². The molecule has 0 atom stereocenters. The molecule has 7 nitrogen and oxygen atoms in total. The van der Waals surface area contributed by atoms with E-state index in [0.29, 0.717) is 22.8 Å². The lowest BCUT2D eigenvalue weighted by molar-refractivity contribution is -0.385. The van der Waals surface area contributed by atoms with Crippen LogP contribution in [0.25, 0.3) is 11.4 Å². The summed E-state index contributed by atoms with van der Waals surface area (Å²) < 4.78 is 1.74. The summed E-state index contributed by atoms with van der Waals surface area (Å²) in [7, 11) is 1.79. The summed E-state index contributed by atoms with van der Waals surface area (Å²) in [4.78, 5) is 10.5. The number of aromatic nitrogens is 3. The minimum Gasteiger partial charge on any atom is -0.324 e. The Morgan fingerprint density at radius 3 is 2.72 bits per heavy atom. The van der Waals surface area contributed by atoms with Crippen molar-refractivity contribution in [1.82, 2.24) is 14.8 Å². The Bertz CT molecular complexity index is 605. The van der Waals surface area contributed by atoms with Crippen molar-refractivity contribution >= 4 is 5.69 Å². The maximum Gasteiger partial charge on any atom is 0.273 e. The summed E-state index contributed by atoms with van der Waals surface area (Å²) in [5.41, 5.74) is 6.86. The molecular formula is C11H13N5O2. The van der Waals surface area contributed by atoms with Gasteiger partial charge in [0.15, 0.2) is 5.82 Å². The molecule has 1 aromatic heterocycles. The number of benzene rings is 1. The molecule has 0 aliphatic rings. The third-order valence-electron chi connectivity index (χ3n) is 2.89. The number of hydrogen-bond acceptors (Lipinski definition) is 5. The first-order valence-electron chi connectivity index (χ1n) is 5.39. The molecule has 2 N–H and O–H groups in total. The van der Waals surface area contributed by atoms with Gasteiger partial charge in [-0.3, -0.25) is 10.1 Å². The maximum absolute atomic E-state index is 10.9. The van der Waals surface area contributed by atoms with Gasteiger partial charge in [-0.15, -0.1) is 10.2 Å². The van der Waals surface area contributed by atoms with Crippen molar-refractivity contribution in [2.45, 2.75) is 13.5 Å². The lowest BCUT2D eigenvalue weighted by Crippen LogP contribution is -2.06. The molecule has 0 aliphatic carbocycles. The van der Waals surface area contributed by atoms with Crippen LogP contribution in [0.2, 0.25) is 0 Å². The molecule has 0 fully saturated rings. The predicted octanol–water partition coefficient (Wildman–Crippen LogP) is 1.16. The van der Waals surface area contributed by atoms with Gasteiger partial charge in [0.05, 0.1) is 11.5 Å². The van der Waals surface area contributed by atoms with Crippen LogP contribution in [0.15, 0.2) is 18.2 Å². The normalized spacial score (nSPS) is 10.6. The van der Waals surface area contributed by atoms with E-state index in [4.69, 9.17) is 5.73 Å². The first-order chi connectivity index (χ1) is 8.56. The topological polar surface area (TPSA) is 99.9 Å². The van der Waals surface area contributed by atoms with Gasteiger partial charge in [-0.1, -0.05) is 12.1 Å². The van der Waals surface area contributed by atoms with Crippen LogP contribution in [0.1, 0.15) is 11.4 Å². The molecule has 7 heteroatoms. The van der Waals surface area contributed by atoms with Crippen molar-refractivity contribution in [1.29, 1.82) is 0 Å². The molecule has 1 heterocycles. The fraction of sp³-hybridized carbons (Fsp3) is 0.273. The van der Waals surface area contributed by atoms with E-state index in [1.165, 1.54) is 6.07 Å². The van der Waals surface area contributed by atoms with Crippen molar-refractivity contribution < 1.29 is 4.92 Å². The van der Waals surface area contributed by atoms with Crippen LogP contribution < -0.4 is 5.73 Å². The number of rotatable bonds is 3. The van der Waals surface area contributed by atoms with E-state index >= 15 is 0 Å². The van der Waals surface area contributed by atoms with Crippen LogP contribution >= 0.6 is 0 Å². The molecule has 2 aromatic rings. The maximum atomic E-state index is 10.9. The van der Waals surface area contributed by atoms with E-state index in [2.05, 4.69) is 10.2 Å². The molecule has 0 unspecified atom stereocenters. The highest BCUT2D eigenvalue weighted by Crippen LogP contribution is 2.28. The summed E-state index contributed by atoms with van der Waals surface area (Å²) in [6.07, 6.45) is 0. The van der Waals surface area contributed by atoms with Crippen molar-refractivity contribution in [2.24, 2.45) is 12.8 Å². The van der Waals surface area contributed by atoms with Gasteiger partial charge in [0.2, 0.25) is 0 Å². The fourth-order valence-electron chi connectivity index (χ4n) is 1.84. The molecule has 2 rings (SSSR count). The second-order valence-electron chi connectivity index (χ2n) is 3.91. The highest BCUT2D eigenvalue weighted by molar-refractivity contribution is 5.65. The number of nitrogens with zero attached hydrogens (tertiary/aromatic N) is 4. The molecule has 0 saturated heterocycles. The van der Waals surface area contributed by atoms with Gasteiger partial charge in [0.25, 0.3) is 5.69 Å². The van der Waals surface area contributed by atoms with Gasteiger partial charge in [0.1, 0.15) is 5.82 Å². The van der Waals surface area contributed by atoms with Crippen LogP contribution in [0.4, 0.5) is 5.69 Å². The first kappa shape index (κ1) is 12.2. The average Bonchev–Trinajstić information content (AvgIpc) is 2.70. The van der Waals surface area contributed by atoms with Crippen LogP contribution in [0.5, 0.6) is 0 Å². The summed E-state index contributed by atoms with van der Waals surface area (Å²) in [5, 5.41) is 18.9. The Hall–Kier alpha value is -2.28. The third-order valence-corrected chi connectivity index (χ3v) is 2.89. The van der Waals surface area contributed by atoms with Gasteiger partial charge in [0, 0.05) is 24.2 Å². The van der Waals surface area contributed by atoms with Crippen LogP contribution in [0.3, 0.4) is 0 Å². The number of nitro groups is 1. The van der Waals surface area contributed by atoms with Gasteiger partial charge in [-0.25, -0.2) is 0 Å². The van der Waals surface area contributed by atoms with E-state index < -0.39 is 4.92 Å². The lowest BCUT2D eigenvalue weighted by atomic mass is 10.1. The second-order valence-corrected chi connectivity index (χ2v) is 3.91. The zero-order valence-corrected chi connectivity index (χ0v) is 10.1. The molecule has 94 valence electrons. The highest BCUT2D eigenvalue weighted by Gasteiger charge is 2.18. The zero-order valence-electron chi connectivity index (χ0n) is 10.1. The smallest absolute Gasteiger partial charge is 0.273 e. The Balaban J connectivity index is 2.61. The summed E-state index contributed by atoms with van der Waals surface area (Å²) >= 11 is 0. The highest BCUT2D eigenvalue weighted by atomic mass is 16.6. The number of hydrogen-bond donors (Lipinski definition) is 1. The molecule has 18 heavy (non-hydrogen) atoms. The summed E-state index contributed by atoms with van der Waals surface area (Å²) in [6.45, 7) is 1.97.